The van der Waals surface area contributed by atoms with Crippen LogP contribution >= 0.6 is 11.6 Å². The van der Waals surface area contributed by atoms with E-state index in [0.29, 0.717) is 17.9 Å². The highest BCUT2D eigenvalue weighted by atomic mass is 35.5. The molecule has 0 saturated carbocycles. The van der Waals surface area contributed by atoms with E-state index in [1.165, 1.54) is 0 Å². The van der Waals surface area contributed by atoms with Gasteiger partial charge >= 0.3 is 0 Å². The number of carbonyl (C=O) groups excluding carboxylic acids is 1. The molecular weight excluding hydrogens is 280 g/mol. The molecule has 106 valence electrons. The minimum Gasteiger partial charge on any atom is -0.363 e. The Balaban J connectivity index is 2.37. The molecule has 0 aliphatic rings. The standard InChI is InChI=1S/C13H15ClN4O2/c1-6(11-7(2)18-20-8(11)3)15-13-10(5-19)12(14)16-9(4)17-13/h5-6H,1-4H3,(H,15,16,17). The Labute approximate surface area is 121 Å². The van der Waals surface area contributed by atoms with Crippen molar-refractivity contribution >= 4 is 23.7 Å². The van der Waals surface area contributed by atoms with Crippen molar-refractivity contribution in [3.05, 3.63) is 33.6 Å². The summed E-state index contributed by atoms with van der Waals surface area (Å²) in [5.41, 5.74) is 1.98. The van der Waals surface area contributed by atoms with Gasteiger partial charge in [-0.05, 0) is 27.7 Å². The summed E-state index contributed by atoms with van der Waals surface area (Å²) in [7, 11) is 0. The molecule has 0 spiro atoms. The van der Waals surface area contributed by atoms with Gasteiger partial charge in [-0.15, -0.1) is 0 Å². The van der Waals surface area contributed by atoms with Crippen molar-refractivity contribution in [3.8, 4) is 0 Å². The van der Waals surface area contributed by atoms with Gasteiger partial charge in [0, 0.05) is 5.56 Å². The number of anilines is 1. The van der Waals surface area contributed by atoms with Crippen LogP contribution in [0.4, 0.5) is 5.82 Å². The third-order valence-corrected chi connectivity index (χ3v) is 3.29. The predicted octanol–water partition coefficient (Wildman–Crippen LogP) is 3.03. The van der Waals surface area contributed by atoms with E-state index < -0.39 is 0 Å². The van der Waals surface area contributed by atoms with Crippen LogP contribution in [-0.4, -0.2) is 21.4 Å². The number of aryl methyl sites for hydroxylation is 3. The molecule has 7 heteroatoms. The number of nitrogens with one attached hydrogen (secondary N) is 1. The molecule has 0 saturated heterocycles. The molecule has 0 aliphatic heterocycles. The van der Waals surface area contributed by atoms with Gasteiger partial charge in [0.2, 0.25) is 0 Å². The first-order valence-corrected chi connectivity index (χ1v) is 6.50. The molecular formula is C13H15ClN4O2. The average Bonchev–Trinajstić information content (AvgIpc) is 2.68. The Morgan fingerprint density at radius 1 is 1.30 bits per heavy atom. The molecule has 20 heavy (non-hydrogen) atoms. The van der Waals surface area contributed by atoms with E-state index in [1.54, 1.807) is 6.92 Å². The van der Waals surface area contributed by atoms with Crippen LogP contribution in [0.2, 0.25) is 5.15 Å². The van der Waals surface area contributed by atoms with E-state index in [0.717, 1.165) is 17.0 Å². The van der Waals surface area contributed by atoms with Crippen LogP contribution in [-0.2, 0) is 0 Å². The fourth-order valence-corrected chi connectivity index (χ4v) is 2.40. The first kappa shape index (κ1) is 14.5. The van der Waals surface area contributed by atoms with Crippen LogP contribution in [0.25, 0.3) is 0 Å². The van der Waals surface area contributed by atoms with Gasteiger partial charge in [-0.2, -0.15) is 0 Å². The molecule has 6 nitrogen and oxygen atoms in total. The summed E-state index contributed by atoms with van der Waals surface area (Å²) < 4.78 is 5.14. The number of hydrogen-bond acceptors (Lipinski definition) is 6. The fourth-order valence-electron chi connectivity index (χ4n) is 2.15. The van der Waals surface area contributed by atoms with E-state index >= 15 is 0 Å². The van der Waals surface area contributed by atoms with Crippen LogP contribution in [0.3, 0.4) is 0 Å². The highest BCUT2D eigenvalue weighted by Gasteiger charge is 2.19. The number of aromatic nitrogens is 3. The first-order chi connectivity index (χ1) is 9.43. The van der Waals surface area contributed by atoms with Crippen molar-refractivity contribution in [1.29, 1.82) is 0 Å². The molecule has 0 radical (unpaired) electrons. The zero-order valence-electron chi connectivity index (χ0n) is 11.7. The molecule has 2 heterocycles. The number of halogens is 1. The smallest absolute Gasteiger partial charge is 0.156 e. The molecule has 0 aliphatic carbocycles. The Kier molecular flexibility index (Phi) is 4.04. The van der Waals surface area contributed by atoms with Crippen molar-refractivity contribution in [2.45, 2.75) is 33.7 Å². The number of carbonyl (C=O) groups is 1. The maximum atomic E-state index is 11.1. The van der Waals surface area contributed by atoms with Crippen molar-refractivity contribution in [2.24, 2.45) is 0 Å². The Morgan fingerprint density at radius 2 is 2.00 bits per heavy atom. The van der Waals surface area contributed by atoms with Crippen molar-refractivity contribution < 1.29 is 9.32 Å². The van der Waals surface area contributed by atoms with Gasteiger partial charge < -0.3 is 9.84 Å². The second-order valence-corrected chi connectivity index (χ2v) is 4.90. The van der Waals surface area contributed by atoms with Crippen molar-refractivity contribution in [2.75, 3.05) is 5.32 Å². The molecule has 0 bridgehead atoms. The molecule has 0 aromatic carbocycles. The zero-order chi connectivity index (χ0) is 14.9. The van der Waals surface area contributed by atoms with Crippen LogP contribution in [0.5, 0.6) is 0 Å². The summed E-state index contributed by atoms with van der Waals surface area (Å²) in [6.07, 6.45) is 0.643. The van der Waals surface area contributed by atoms with Gasteiger partial charge in [0.05, 0.1) is 17.3 Å². The molecule has 2 aromatic heterocycles. The summed E-state index contributed by atoms with van der Waals surface area (Å²) in [5.74, 6) is 1.63. The lowest BCUT2D eigenvalue weighted by molar-refractivity contribution is 0.112. The number of rotatable bonds is 4. The second kappa shape index (κ2) is 5.58. The molecule has 1 atom stereocenters. The van der Waals surface area contributed by atoms with Gasteiger partial charge in [-0.3, -0.25) is 4.79 Å². The summed E-state index contributed by atoms with van der Waals surface area (Å²) in [5, 5.41) is 7.21. The maximum absolute atomic E-state index is 11.1. The van der Waals surface area contributed by atoms with Gasteiger partial charge in [0.1, 0.15) is 22.6 Å². The highest BCUT2D eigenvalue weighted by Crippen LogP contribution is 2.27. The summed E-state index contributed by atoms with van der Waals surface area (Å²) in [4.78, 5) is 19.3. The maximum Gasteiger partial charge on any atom is 0.156 e. The monoisotopic (exact) mass is 294 g/mol. The molecule has 2 rings (SSSR count). The van der Waals surface area contributed by atoms with Gasteiger partial charge in [0.15, 0.2) is 6.29 Å². The lowest BCUT2D eigenvalue weighted by Gasteiger charge is -2.16. The topological polar surface area (TPSA) is 80.9 Å². The molecule has 1 unspecified atom stereocenters. The Bertz CT molecular complexity index is 635. The van der Waals surface area contributed by atoms with Gasteiger partial charge in [0.25, 0.3) is 0 Å². The van der Waals surface area contributed by atoms with Gasteiger partial charge in [-0.25, -0.2) is 9.97 Å². The van der Waals surface area contributed by atoms with Crippen LogP contribution in [0.1, 0.15) is 46.2 Å². The summed E-state index contributed by atoms with van der Waals surface area (Å²) >= 11 is 5.95. The molecule has 0 fully saturated rings. The minimum absolute atomic E-state index is 0.120. The van der Waals surface area contributed by atoms with Crippen LogP contribution in [0, 0.1) is 20.8 Å². The molecule has 0 amide bonds. The number of hydrogen-bond donors (Lipinski definition) is 1. The average molecular weight is 295 g/mol. The second-order valence-electron chi connectivity index (χ2n) is 4.55. The lowest BCUT2D eigenvalue weighted by Crippen LogP contribution is -2.13. The quantitative estimate of drug-likeness (QED) is 0.689. The Morgan fingerprint density at radius 3 is 2.55 bits per heavy atom. The number of nitrogens with zero attached hydrogens (tertiary/aromatic N) is 3. The van der Waals surface area contributed by atoms with E-state index in [1.807, 2.05) is 20.8 Å². The van der Waals surface area contributed by atoms with Crippen molar-refractivity contribution in [1.82, 2.24) is 15.1 Å². The van der Waals surface area contributed by atoms with Crippen LogP contribution in [0.15, 0.2) is 4.52 Å². The number of aldehydes is 1. The van der Waals surface area contributed by atoms with Crippen LogP contribution < -0.4 is 5.32 Å². The zero-order valence-corrected chi connectivity index (χ0v) is 12.4. The van der Waals surface area contributed by atoms with Gasteiger partial charge in [-0.1, -0.05) is 16.8 Å². The summed E-state index contributed by atoms with van der Waals surface area (Å²) in [6.45, 7) is 7.36. The third kappa shape index (κ3) is 2.65. The largest absolute Gasteiger partial charge is 0.363 e. The third-order valence-electron chi connectivity index (χ3n) is 3.00. The first-order valence-electron chi connectivity index (χ1n) is 6.12. The lowest BCUT2D eigenvalue weighted by atomic mass is 10.1. The van der Waals surface area contributed by atoms with E-state index in [9.17, 15) is 4.79 Å². The fraction of sp³-hybridized carbons (Fsp3) is 0.385. The SMILES string of the molecule is Cc1nc(Cl)c(C=O)c(NC(C)c2c(C)noc2C)n1. The van der Waals surface area contributed by atoms with E-state index in [4.69, 9.17) is 16.1 Å². The van der Waals surface area contributed by atoms with E-state index in [-0.39, 0.29) is 16.8 Å². The normalized spacial score (nSPS) is 12.2. The van der Waals surface area contributed by atoms with Crippen molar-refractivity contribution in [3.63, 3.8) is 0 Å². The van der Waals surface area contributed by atoms with E-state index in [2.05, 4.69) is 20.4 Å². The Hall–Kier alpha value is -1.95. The summed E-state index contributed by atoms with van der Waals surface area (Å²) in [6, 6.07) is -0.120. The predicted molar refractivity (Wildman–Crippen MR) is 75.2 cm³/mol. The molecule has 2 aromatic rings. The highest BCUT2D eigenvalue weighted by molar-refractivity contribution is 6.32. The molecule has 1 N–H and O–H groups in total. The minimum atomic E-state index is -0.120.